The van der Waals surface area contributed by atoms with E-state index in [1.165, 1.54) is 6.42 Å². The molecule has 1 aromatic carbocycles. The lowest BCUT2D eigenvalue weighted by atomic mass is 10.1. The van der Waals surface area contributed by atoms with E-state index >= 15 is 0 Å². The fourth-order valence-electron chi connectivity index (χ4n) is 2.79. The van der Waals surface area contributed by atoms with Crippen molar-refractivity contribution in [2.24, 2.45) is 5.92 Å². The molecule has 116 valence electrons. The van der Waals surface area contributed by atoms with Crippen LogP contribution in [0.4, 0.5) is 11.4 Å². The number of carbonyl (C=O) groups excluding carboxylic acids is 1. The van der Waals surface area contributed by atoms with Gasteiger partial charge in [0.05, 0.1) is 5.56 Å². The molecule has 1 aliphatic heterocycles. The zero-order valence-corrected chi connectivity index (χ0v) is 13.1. The average molecular weight is 290 g/mol. The molecule has 1 unspecified atom stereocenters. The van der Waals surface area contributed by atoms with E-state index in [9.17, 15) is 4.79 Å². The first-order chi connectivity index (χ1) is 10.0. The van der Waals surface area contributed by atoms with Crippen molar-refractivity contribution in [2.45, 2.75) is 26.3 Å². The summed E-state index contributed by atoms with van der Waals surface area (Å²) in [6.07, 6.45) is 1.20. The van der Waals surface area contributed by atoms with Gasteiger partial charge in [-0.3, -0.25) is 4.79 Å². The molecule has 0 bridgehead atoms. The van der Waals surface area contributed by atoms with Gasteiger partial charge in [0, 0.05) is 37.6 Å². The SMILES string of the molecule is CNC(=O)c1ccc(N)cc1NCC1CCN(C(C)C)C1. The van der Waals surface area contributed by atoms with Crippen LogP contribution in [0, 0.1) is 5.92 Å². The number of hydrogen-bond donors (Lipinski definition) is 3. The molecule has 1 heterocycles. The smallest absolute Gasteiger partial charge is 0.253 e. The van der Waals surface area contributed by atoms with Gasteiger partial charge in [0.15, 0.2) is 0 Å². The molecule has 5 nitrogen and oxygen atoms in total. The molecule has 21 heavy (non-hydrogen) atoms. The maximum absolute atomic E-state index is 11.9. The van der Waals surface area contributed by atoms with Crippen molar-refractivity contribution in [2.75, 3.05) is 37.7 Å². The number of hydrogen-bond acceptors (Lipinski definition) is 4. The van der Waals surface area contributed by atoms with E-state index in [-0.39, 0.29) is 5.91 Å². The Morgan fingerprint density at radius 3 is 2.86 bits per heavy atom. The maximum atomic E-state index is 11.9. The minimum absolute atomic E-state index is 0.0901. The Kier molecular flexibility index (Phi) is 5.07. The predicted octanol–water partition coefficient (Wildman–Crippen LogP) is 1.77. The van der Waals surface area contributed by atoms with Gasteiger partial charge in [-0.25, -0.2) is 0 Å². The number of likely N-dealkylation sites (tertiary alicyclic amines) is 1. The Bertz CT molecular complexity index is 501. The highest BCUT2D eigenvalue weighted by Crippen LogP contribution is 2.22. The Balaban J connectivity index is 2.00. The number of rotatable bonds is 5. The molecule has 1 saturated heterocycles. The molecule has 4 N–H and O–H groups in total. The third kappa shape index (κ3) is 3.88. The molecule has 1 fully saturated rings. The zero-order valence-electron chi connectivity index (χ0n) is 13.1. The van der Waals surface area contributed by atoms with Crippen LogP contribution < -0.4 is 16.4 Å². The van der Waals surface area contributed by atoms with Crippen molar-refractivity contribution < 1.29 is 4.79 Å². The van der Waals surface area contributed by atoms with E-state index in [0.717, 1.165) is 25.3 Å². The van der Waals surface area contributed by atoms with Crippen molar-refractivity contribution in [3.05, 3.63) is 23.8 Å². The van der Waals surface area contributed by atoms with E-state index in [0.29, 0.717) is 23.2 Å². The normalized spacial score (nSPS) is 19.0. The molecule has 1 aromatic rings. The fourth-order valence-corrected chi connectivity index (χ4v) is 2.79. The van der Waals surface area contributed by atoms with E-state index in [4.69, 9.17) is 5.73 Å². The van der Waals surface area contributed by atoms with Crippen molar-refractivity contribution >= 4 is 17.3 Å². The summed E-state index contributed by atoms with van der Waals surface area (Å²) < 4.78 is 0. The topological polar surface area (TPSA) is 70.4 Å². The molecule has 2 rings (SSSR count). The second-order valence-electron chi connectivity index (χ2n) is 6.01. The third-order valence-electron chi connectivity index (χ3n) is 4.14. The lowest BCUT2D eigenvalue weighted by Crippen LogP contribution is -2.29. The number of nitrogens with one attached hydrogen (secondary N) is 2. The van der Waals surface area contributed by atoms with Gasteiger partial charge in [0.2, 0.25) is 0 Å². The van der Waals surface area contributed by atoms with E-state index in [1.807, 2.05) is 6.07 Å². The number of amides is 1. The van der Waals surface area contributed by atoms with Crippen molar-refractivity contribution in [1.82, 2.24) is 10.2 Å². The third-order valence-corrected chi connectivity index (χ3v) is 4.14. The maximum Gasteiger partial charge on any atom is 0.253 e. The summed E-state index contributed by atoms with van der Waals surface area (Å²) in [5.41, 5.74) is 7.96. The highest BCUT2D eigenvalue weighted by atomic mass is 16.1. The molecule has 0 aliphatic carbocycles. The summed E-state index contributed by atoms with van der Waals surface area (Å²) in [7, 11) is 1.64. The van der Waals surface area contributed by atoms with Gasteiger partial charge in [-0.2, -0.15) is 0 Å². The summed E-state index contributed by atoms with van der Waals surface area (Å²) in [6.45, 7) is 7.61. The number of nitrogens with zero attached hydrogens (tertiary/aromatic N) is 1. The van der Waals surface area contributed by atoms with Gasteiger partial charge in [0.1, 0.15) is 0 Å². The molecule has 0 spiro atoms. The highest BCUT2D eigenvalue weighted by Gasteiger charge is 2.24. The molecule has 1 aliphatic rings. The van der Waals surface area contributed by atoms with Crippen LogP contribution in [0.25, 0.3) is 0 Å². The van der Waals surface area contributed by atoms with Gasteiger partial charge >= 0.3 is 0 Å². The summed E-state index contributed by atoms with van der Waals surface area (Å²) in [5.74, 6) is 0.527. The minimum Gasteiger partial charge on any atom is -0.399 e. The molecule has 0 saturated carbocycles. The largest absolute Gasteiger partial charge is 0.399 e. The zero-order chi connectivity index (χ0) is 15.4. The summed E-state index contributed by atoms with van der Waals surface area (Å²) >= 11 is 0. The molecule has 0 radical (unpaired) electrons. The van der Waals surface area contributed by atoms with Crippen LogP contribution in [-0.2, 0) is 0 Å². The predicted molar refractivity (Wildman–Crippen MR) is 87.6 cm³/mol. The standard InChI is InChI=1S/C16H26N4O/c1-11(2)20-7-6-12(10-20)9-19-15-8-13(17)4-5-14(15)16(21)18-3/h4-5,8,11-12,19H,6-7,9-10,17H2,1-3H3,(H,18,21). The van der Waals surface area contributed by atoms with Crippen LogP contribution in [0.1, 0.15) is 30.6 Å². The number of benzene rings is 1. The van der Waals surface area contributed by atoms with Crippen LogP contribution in [0.5, 0.6) is 0 Å². The second-order valence-corrected chi connectivity index (χ2v) is 6.01. The van der Waals surface area contributed by atoms with Crippen LogP contribution >= 0.6 is 0 Å². The van der Waals surface area contributed by atoms with Crippen LogP contribution in [-0.4, -0.2) is 43.5 Å². The number of carbonyl (C=O) groups is 1. The van der Waals surface area contributed by atoms with E-state index in [2.05, 4.69) is 29.4 Å². The summed E-state index contributed by atoms with van der Waals surface area (Å²) in [4.78, 5) is 14.4. The Labute approximate surface area is 126 Å². The Hall–Kier alpha value is -1.75. The van der Waals surface area contributed by atoms with Crippen LogP contribution in [0.3, 0.4) is 0 Å². The second kappa shape index (κ2) is 6.80. The molecule has 1 amide bonds. The van der Waals surface area contributed by atoms with Gasteiger partial charge in [-0.05, 0) is 50.9 Å². The number of nitrogens with two attached hydrogens (primary N) is 1. The first kappa shape index (κ1) is 15.6. The van der Waals surface area contributed by atoms with E-state index in [1.54, 1.807) is 19.2 Å². The molecule has 0 aromatic heterocycles. The monoisotopic (exact) mass is 290 g/mol. The Morgan fingerprint density at radius 1 is 1.48 bits per heavy atom. The van der Waals surface area contributed by atoms with Crippen molar-refractivity contribution in [1.29, 1.82) is 0 Å². The van der Waals surface area contributed by atoms with Gasteiger partial charge in [0.25, 0.3) is 5.91 Å². The van der Waals surface area contributed by atoms with Crippen molar-refractivity contribution in [3.8, 4) is 0 Å². The average Bonchev–Trinajstić information content (AvgIpc) is 2.93. The van der Waals surface area contributed by atoms with Crippen LogP contribution in [0.2, 0.25) is 0 Å². The molecular weight excluding hydrogens is 264 g/mol. The van der Waals surface area contributed by atoms with Crippen molar-refractivity contribution in [3.63, 3.8) is 0 Å². The van der Waals surface area contributed by atoms with Gasteiger partial charge < -0.3 is 21.3 Å². The highest BCUT2D eigenvalue weighted by molar-refractivity contribution is 6.00. The number of nitrogen functional groups attached to an aromatic ring is 1. The van der Waals surface area contributed by atoms with Gasteiger partial charge in [-0.15, -0.1) is 0 Å². The molecule has 5 heteroatoms. The first-order valence-corrected chi connectivity index (χ1v) is 7.60. The fraction of sp³-hybridized carbons (Fsp3) is 0.562. The number of anilines is 2. The quantitative estimate of drug-likeness (QED) is 0.723. The summed E-state index contributed by atoms with van der Waals surface area (Å²) in [5, 5.41) is 6.07. The summed E-state index contributed by atoms with van der Waals surface area (Å²) in [6, 6.07) is 5.96. The first-order valence-electron chi connectivity index (χ1n) is 7.60. The van der Waals surface area contributed by atoms with E-state index < -0.39 is 0 Å². The molecule has 1 atom stereocenters. The lowest BCUT2D eigenvalue weighted by molar-refractivity contribution is 0.0964. The molecular formula is C16H26N4O. The minimum atomic E-state index is -0.0901. The Morgan fingerprint density at radius 2 is 2.24 bits per heavy atom. The van der Waals surface area contributed by atoms with Crippen LogP contribution in [0.15, 0.2) is 18.2 Å². The van der Waals surface area contributed by atoms with Gasteiger partial charge in [-0.1, -0.05) is 0 Å². The lowest BCUT2D eigenvalue weighted by Gasteiger charge is -2.20.